The first-order valence-electron chi connectivity index (χ1n) is 7.08. The van der Waals surface area contributed by atoms with E-state index < -0.39 is 5.82 Å². The lowest BCUT2D eigenvalue weighted by Crippen LogP contribution is -2.26. The minimum atomic E-state index is -0.530. The summed E-state index contributed by atoms with van der Waals surface area (Å²) in [6.45, 7) is 2.01. The second-order valence-electron chi connectivity index (χ2n) is 5.18. The van der Waals surface area contributed by atoms with Crippen molar-refractivity contribution in [2.75, 3.05) is 12.4 Å². The highest BCUT2D eigenvalue weighted by molar-refractivity contribution is 9.10. The lowest BCUT2D eigenvalue weighted by Gasteiger charge is -2.22. The fourth-order valence-electron chi connectivity index (χ4n) is 2.08. The maximum Gasteiger partial charge on any atom is 0.272 e. The summed E-state index contributed by atoms with van der Waals surface area (Å²) in [6.07, 6.45) is 1.73. The van der Waals surface area contributed by atoms with Crippen molar-refractivity contribution in [3.8, 4) is 0 Å². The molecule has 0 unspecified atom stereocenters. The van der Waals surface area contributed by atoms with Gasteiger partial charge in [-0.25, -0.2) is 4.39 Å². The summed E-state index contributed by atoms with van der Waals surface area (Å²) in [5, 5.41) is 2.68. The molecule has 0 saturated carbocycles. The van der Waals surface area contributed by atoms with E-state index in [2.05, 4.69) is 25.6 Å². The van der Waals surface area contributed by atoms with Gasteiger partial charge < -0.3 is 5.32 Å². The Kier molecular flexibility index (Phi) is 5.52. The van der Waals surface area contributed by atoms with Crippen molar-refractivity contribution in [3.05, 3.63) is 61.1 Å². The minimum absolute atomic E-state index is 0.0423. The zero-order valence-electron chi connectivity index (χ0n) is 13.1. The summed E-state index contributed by atoms with van der Waals surface area (Å²) in [4.78, 5) is 14.7. The summed E-state index contributed by atoms with van der Waals surface area (Å²) in [5.41, 5.74) is 1.59. The number of halogens is 3. The van der Waals surface area contributed by atoms with Gasteiger partial charge in [0.1, 0.15) is 11.5 Å². The molecule has 1 aliphatic rings. The third-order valence-corrected chi connectivity index (χ3v) is 6.56. The highest BCUT2D eigenvalue weighted by atomic mass is 79.9. The van der Waals surface area contributed by atoms with Gasteiger partial charge in [0.2, 0.25) is 0 Å². The molecule has 130 valence electrons. The van der Waals surface area contributed by atoms with Gasteiger partial charge in [-0.05, 0) is 53.2 Å². The maximum absolute atomic E-state index is 13.2. The highest BCUT2D eigenvalue weighted by Crippen LogP contribution is 2.31. The molecule has 1 aromatic carbocycles. The molecule has 3 rings (SSSR count). The monoisotopic (exact) mass is 459 g/mol. The molecule has 0 bridgehead atoms. The number of benzene rings is 1. The van der Waals surface area contributed by atoms with E-state index in [1.807, 2.05) is 13.0 Å². The molecular weight excluding hydrogens is 449 g/mol. The van der Waals surface area contributed by atoms with Crippen molar-refractivity contribution >= 4 is 68.3 Å². The fourth-order valence-corrected chi connectivity index (χ4v) is 4.39. The van der Waals surface area contributed by atoms with Gasteiger partial charge in [0, 0.05) is 22.1 Å². The SMILES string of the molecule is Cc1sc(C2=NSN(C)C(C(=O)Nc3ccc(F)c(Cl)c3)=C2)cc1Br. The van der Waals surface area contributed by atoms with E-state index in [9.17, 15) is 9.18 Å². The van der Waals surface area contributed by atoms with Crippen molar-refractivity contribution < 1.29 is 9.18 Å². The molecule has 25 heavy (non-hydrogen) atoms. The Morgan fingerprint density at radius 3 is 2.80 bits per heavy atom. The number of aryl methyl sites for hydroxylation is 1. The summed E-state index contributed by atoms with van der Waals surface area (Å²) in [7, 11) is 1.75. The van der Waals surface area contributed by atoms with Crippen LogP contribution in [0.3, 0.4) is 0 Å². The number of hydrogen-bond donors (Lipinski definition) is 1. The van der Waals surface area contributed by atoms with Crippen LogP contribution >= 0.6 is 51.0 Å². The Morgan fingerprint density at radius 1 is 1.40 bits per heavy atom. The van der Waals surface area contributed by atoms with Crippen molar-refractivity contribution in [2.45, 2.75) is 6.92 Å². The fraction of sp³-hybridized carbons (Fsp3) is 0.125. The minimum Gasteiger partial charge on any atom is -0.321 e. The van der Waals surface area contributed by atoms with Crippen LogP contribution < -0.4 is 5.32 Å². The number of hydrogen-bond acceptors (Lipinski definition) is 5. The summed E-state index contributed by atoms with van der Waals surface area (Å²) >= 11 is 12.0. The van der Waals surface area contributed by atoms with Crippen LogP contribution in [0, 0.1) is 12.7 Å². The van der Waals surface area contributed by atoms with E-state index in [1.54, 1.807) is 28.8 Å². The molecule has 2 heterocycles. The van der Waals surface area contributed by atoms with E-state index in [0.29, 0.717) is 11.4 Å². The van der Waals surface area contributed by atoms with Crippen LogP contribution in [0.15, 0.2) is 44.9 Å². The van der Waals surface area contributed by atoms with E-state index in [-0.39, 0.29) is 10.9 Å². The predicted molar refractivity (Wildman–Crippen MR) is 107 cm³/mol. The van der Waals surface area contributed by atoms with Crippen LogP contribution in [0.4, 0.5) is 10.1 Å². The standard InChI is InChI=1S/C16H12BrClFN3OS2/c1-8-10(17)6-15(24-8)13-7-14(22(2)25-21-13)16(23)20-9-3-4-12(19)11(18)5-9/h3-7H,1-2H3,(H,20,23). The average molecular weight is 461 g/mol. The van der Waals surface area contributed by atoms with E-state index >= 15 is 0 Å². The quantitative estimate of drug-likeness (QED) is 0.621. The van der Waals surface area contributed by atoms with E-state index in [1.165, 1.54) is 30.3 Å². The Hall–Kier alpha value is -1.35. The van der Waals surface area contributed by atoms with Crippen LogP contribution in [-0.2, 0) is 4.79 Å². The third-order valence-electron chi connectivity index (χ3n) is 3.39. The van der Waals surface area contributed by atoms with Gasteiger partial charge >= 0.3 is 0 Å². The van der Waals surface area contributed by atoms with Crippen molar-refractivity contribution in [1.82, 2.24) is 4.31 Å². The van der Waals surface area contributed by atoms with Crippen molar-refractivity contribution in [3.63, 3.8) is 0 Å². The highest BCUT2D eigenvalue weighted by Gasteiger charge is 2.22. The summed E-state index contributed by atoms with van der Waals surface area (Å²) in [5.74, 6) is -0.852. The van der Waals surface area contributed by atoms with Gasteiger partial charge in [0.05, 0.1) is 27.7 Å². The summed E-state index contributed by atoms with van der Waals surface area (Å²) in [6, 6.07) is 6.03. The lowest BCUT2D eigenvalue weighted by molar-refractivity contribution is -0.113. The molecule has 9 heteroatoms. The molecular formula is C16H12BrClFN3OS2. The topological polar surface area (TPSA) is 44.7 Å². The smallest absolute Gasteiger partial charge is 0.272 e. The molecule has 4 nitrogen and oxygen atoms in total. The number of nitrogens with zero attached hydrogens (tertiary/aromatic N) is 2. The summed E-state index contributed by atoms with van der Waals surface area (Å²) < 4.78 is 20.3. The maximum atomic E-state index is 13.2. The molecule has 0 atom stereocenters. The first kappa shape index (κ1) is 18.4. The number of amides is 1. The predicted octanol–water partition coefficient (Wildman–Crippen LogP) is 5.43. The number of rotatable bonds is 3. The number of thiophene rings is 1. The van der Waals surface area contributed by atoms with Crippen LogP contribution in [0.5, 0.6) is 0 Å². The van der Waals surface area contributed by atoms with Gasteiger partial charge in [-0.1, -0.05) is 11.6 Å². The average Bonchev–Trinajstić information content (AvgIpc) is 2.90. The van der Waals surface area contributed by atoms with Crippen LogP contribution in [0.25, 0.3) is 0 Å². The molecule has 1 amide bonds. The Morgan fingerprint density at radius 2 is 2.16 bits per heavy atom. The van der Waals surface area contributed by atoms with Crippen LogP contribution in [-0.4, -0.2) is 23.0 Å². The van der Waals surface area contributed by atoms with E-state index in [4.69, 9.17) is 11.6 Å². The van der Waals surface area contributed by atoms with Gasteiger partial charge in [-0.15, -0.1) is 11.3 Å². The molecule has 0 radical (unpaired) electrons. The number of carbonyl (C=O) groups excluding carboxylic acids is 1. The van der Waals surface area contributed by atoms with Crippen LogP contribution in [0.2, 0.25) is 5.02 Å². The number of carbonyl (C=O) groups is 1. The van der Waals surface area contributed by atoms with Gasteiger partial charge in [-0.2, -0.15) is 4.40 Å². The number of anilines is 1. The second-order valence-corrected chi connectivity index (χ2v) is 8.59. The van der Waals surface area contributed by atoms with Gasteiger partial charge in [0.25, 0.3) is 5.91 Å². The Bertz CT molecular complexity index is 893. The molecule has 1 aromatic heterocycles. The van der Waals surface area contributed by atoms with Crippen molar-refractivity contribution in [1.29, 1.82) is 0 Å². The Labute approximate surface area is 166 Å². The molecule has 0 spiro atoms. The Balaban J connectivity index is 1.84. The van der Waals surface area contributed by atoms with E-state index in [0.717, 1.165) is 19.9 Å². The van der Waals surface area contributed by atoms with Gasteiger partial charge in [-0.3, -0.25) is 9.10 Å². The van der Waals surface area contributed by atoms with Gasteiger partial charge in [0.15, 0.2) is 0 Å². The largest absolute Gasteiger partial charge is 0.321 e. The first-order chi connectivity index (χ1) is 11.8. The third kappa shape index (κ3) is 4.08. The first-order valence-corrected chi connectivity index (χ1v) is 9.80. The number of allylic oxidation sites excluding steroid dienone is 1. The molecule has 0 saturated heterocycles. The lowest BCUT2D eigenvalue weighted by atomic mass is 10.2. The number of nitrogens with one attached hydrogen (secondary N) is 1. The normalized spacial score (nSPS) is 14.2. The number of likely N-dealkylation sites (N-methyl/N-ethyl adjacent to an activating group) is 1. The molecule has 2 aromatic rings. The second kappa shape index (κ2) is 7.49. The zero-order valence-corrected chi connectivity index (χ0v) is 17.1. The molecule has 1 aliphatic heterocycles. The van der Waals surface area contributed by atoms with Crippen molar-refractivity contribution in [2.24, 2.45) is 4.40 Å². The van der Waals surface area contributed by atoms with Crippen LogP contribution in [0.1, 0.15) is 9.75 Å². The molecule has 0 fully saturated rings. The zero-order chi connectivity index (χ0) is 18.1. The molecule has 0 aliphatic carbocycles. The molecule has 1 N–H and O–H groups in total.